The maximum Gasteiger partial charge on any atom is 0.175 e. The first kappa shape index (κ1) is 17.8. The van der Waals surface area contributed by atoms with Crippen LogP contribution in [0.15, 0.2) is 52.0 Å². The van der Waals surface area contributed by atoms with Crippen LogP contribution < -0.4 is 14.9 Å². The van der Waals surface area contributed by atoms with Gasteiger partial charge in [-0.1, -0.05) is 18.2 Å². The monoisotopic (exact) mass is 402 g/mol. The molecule has 2 aromatic carbocycles. The van der Waals surface area contributed by atoms with E-state index >= 15 is 0 Å². The Bertz CT molecular complexity index is 713. The molecule has 2 aromatic rings. The summed E-state index contributed by atoms with van der Waals surface area (Å²) in [5.74, 6) is 1.55. The van der Waals surface area contributed by atoms with Crippen molar-refractivity contribution in [2.45, 2.75) is 38.7 Å². The van der Waals surface area contributed by atoms with E-state index < -0.39 is 0 Å². The number of halogens is 1. The average Bonchev–Trinajstić information content (AvgIpc) is 3.12. The summed E-state index contributed by atoms with van der Waals surface area (Å²) in [6, 6.07) is 13.8. The van der Waals surface area contributed by atoms with Crippen LogP contribution in [0, 0.1) is 0 Å². The lowest BCUT2D eigenvalue weighted by Gasteiger charge is -2.18. The molecule has 0 heterocycles. The van der Waals surface area contributed by atoms with Crippen molar-refractivity contribution in [1.29, 1.82) is 0 Å². The molecule has 0 unspecified atom stereocenters. The zero-order chi connectivity index (χ0) is 17.5. The normalized spacial score (nSPS) is 14.8. The fourth-order valence-electron chi connectivity index (χ4n) is 2.91. The minimum absolute atomic E-state index is 0.287. The Labute approximate surface area is 157 Å². The van der Waals surface area contributed by atoms with E-state index in [0.29, 0.717) is 6.61 Å². The summed E-state index contributed by atoms with van der Waals surface area (Å²) < 4.78 is 12.9. The summed E-state index contributed by atoms with van der Waals surface area (Å²) in [7, 11) is 0. The number of benzene rings is 2. The highest BCUT2D eigenvalue weighted by Crippen LogP contribution is 2.39. The van der Waals surface area contributed by atoms with Gasteiger partial charge in [0.1, 0.15) is 0 Å². The SMILES string of the molecule is CCOc1cc(C=NNc2ccccc2)cc(Br)c1OC1CCCC1. The number of nitrogens with zero attached hydrogens (tertiary/aromatic N) is 1. The summed E-state index contributed by atoms with van der Waals surface area (Å²) in [4.78, 5) is 0. The number of hydrazone groups is 1. The number of hydrogen-bond donors (Lipinski definition) is 1. The largest absolute Gasteiger partial charge is 0.490 e. The van der Waals surface area contributed by atoms with E-state index in [4.69, 9.17) is 9.47 Å². The van der Waals surface area contributed by atoms with Crippen LogP contribution >= 0.6 is 15.9 Å². The second-order valence-electron chi connectivity index (χ2n) is 6.02. The molecule has 0 atom stereocenters. The van der Waals surface area contributed by atoms with E-state index in [1.54, 1.807) is 6.21 Å². The molecule has 1 saturated carbocycles. The smallest absolute Gasteiger partial charge is 0.175 e. The number of ether oxygens (including phenoxy) is 2. The van der Waals surface area contributed by atoms with Gasteiger partial charge >= 0.3 is 0 Å². The Morgan fingerprint density at radius 2 is 1.96 bits per heavy atom. The third kappa shape index (κ3) is 4.98. The second-order valence-corrected chi connectivity index (χ2v) is 6.88. The van der Waals surface area contributed by atoms with Gasteiger partial charge in [-0.3, -0.25) is 5.43 Å². The topological polar surface area (TPSA) is 42.8 Å². The van der Waals surface area contributed by atoms with Gasteiger partial charge in [0.25, 0.3) is 0 Å². The van der Waals surface area contributed by atoms with Crippen molar-refractivity contribution in [2.75, 3.05) is 12.0 Å². The molecule has 4 nitrogen and oxygen atoms in total. The standard InChI is InChI=1S/C20H23BrN2O2/c1-2-24-19-13-15(14-22-23-16-8-4-3-5-9-16)12-18(21)20(19)25-17-10-6-7-11-17/h3-5,8-9,12-14,17,23H,2,6-7,10-11H2,1H3. The first-order valence-electron chi connectivity index (χ1n) is 8.73. The fraction of sp³-hybridized carbons (Fsp3) is 0.350. The van der Waals surface area contributed by atoms with E-state index in [2.05, 4.69) is 26.5 Å². The van der Waals surface area contributed by atoms with Gasteiger partial charge in [-0.05, 0) is 78.4 Å². The van der Waals surface area contributed by atoms with E-state index in [9.17, 15) is 0 Å². The van der Waals surface area contributed by atoms with E-state index in [1.807, 2.05) is 49.4 Å². The van der Waals surface area contributed by atoms with Gasteiger partial charge in [0.2, 0.25) is 0 Å². The molecular weight excluding hydrogens is 380 g/mol. The van der Waals surface area contributed by atoms with Crippen LogP contribution in [-0.2, 0) is 0 Å². The number of para-hydroxylation sites is 1. The van der Waals surface area contributed by atoms with E-state index in [-0.39, 0.29) is 6.10 Å². The molecule has 25 heavy (non-hydrogen) atoms. The van der Waals surface area contributed by atoms with Crippen molar-refractivity contribution in [3.05, 3.63) is 52.5 Å². The summed E-state index contributed by atoms with van der Waals surface area (Å²) in [5, 5.41) is 4.29. The molecular formula is C20H23BrN2O2. The van der Waals surface area contributed by atoms with Gasteiger partial charge in [-0.15, -0.1) is 0 Å². The lowest BCUT2D eigenvalue weighted by Crippen LogP contribution is -2.12. The van der Waals surface area contributed by atoms with Crippen LogP contribution in [0.1, 0.15) is 38.2 Å². The maximum atomic E-state index is 6.19. The molecule has 1 aliphatic carbocycles. The molecule has 5 heteroatoms. The lowest BCUT2D eigenvalue weighted by molar-refractivity contribution is 0.195. The van der Waals surface area contributed by atoms with Crippen LogP contribution in [0.4, 0.5) is 5.69 Å². The number of anilines is 1. The summed E-state index contributed by atoms with van der Waals surface area (Å²) >= 11 is 3.63. The minimum Gasteiger partial charge on any atom is -0.490 e. The summed E-state index contributed by atoms with van der Waals surface area (Å²) in [6.07, 6.45) is 6.77. The molecule has 0 aromatic heterocycles. The Morgan fingerprint density at radius 1 is 1.20 bits per heavy atom. The molecule has 0 amide bonds. The molecule has 0 bridgehead atoms. The first-order chi connectivity index (χ1) is 12.3. The summed E-state index contributed by atoms with van der Waals surface area (Å²) in [5.41, 5.74) is 4.91. The molecule has 1 fully saturated rings. The molecule has 132 valence electrons. The van der Waals surface area contributed by atoms with Crippen LogP contribution in [0.25, 0.3) is 0 Å². The van der Waals surface area contributed by atoms with Crippen molar-refractivity contribution in [2.24, 2.45) is 5.10 Å². The van der Waals surface area contributed by atoms with Crippen LogP contribution in [-0.4, -0.2) is 18.9 Å². The third-order valence-electron chi connectivity index (χ3n) is 4.10. The summed E-state index contributed by atoms with van der Waals surface area (Å²) in [6.45, 7) is 2.57. The molecule has 0 saturated heterocycles. The average molecular weight is 403 g/mol. The maximum absolute atomic E-state index is 6.19. The van der Waals surface area contributed by atoms with Crippen LogP contribution in [0.2, 0.25) is 0 Å². The number of hydrogen-bond acceptors (Lipinski definition) is 4. The molecule has 0 radical (unpaired) electrons. The Kier molecular flexibility index (Phi) is 6.34. The highest BCUT2D eigenvalue weighted by atomic mass is 79.9. The second kappa shape index (κ2) is 8.90. The van der Waals surface area contributed by atoms with Crippen molar-refractivity contribution < 1.29 is 9.47 Å². The number of rotatable bonds is 7. The van der Waals surface area contributed by atoms with Gasteiger partial charge in [0.05, 0.1) is 29.1 Å². The minimum atomic E-state index is 0.287. The van der Waals surface area contributed by atoms with Gasteiger partial charge in [-0.2, -0.15) is 5.10 Å². The molecule has 0 spiro atoms. The Hall–Kier alpha value is -2.01. The van der Waals surface area contributed by atoms with Crippen molar-refractivity contribution in [1.82, 2.24) is 0 Å². The zero-order valence-corrected chi connectivity index (χ0v) is 16.0. The van der Waals surface area contributed by atoms with Crippen molar-refractivity contribution in [3.8, 4) is 11.5 Å². The Balaban J connectivity index is 1.75. The van der Waals surface area contributed by atoms with Crippen molar-refractivity contribution >= 4 is 27.8 Å². The first-order valence-corrected chi connectivity index (χ1v) is 9.52. The molecule has 3 rings (SSSR count). The Morgan fingerprint density at radius 3 is 2.68 bits per heavy atom. The fourth-order valence-corrected chi connectivity index (χ4v) is 3.46. The van der Waals surface area contributed by atoms with Gasteiger partial charge < -0.3 is 9.47 Å². The molecule has 0 aliphatic heterocycles. The number of nitrogens with one attached hydrogen (secondary N) is 1. The van der Waals surface area contributed by atoms with Gasteiger partial charge in [0, 0.05) is 0 Å². The van der Waals surface area contributed by atoms with Crippen molar-refractivity contribution in [3.63, 3.8) is 0 Å². The predicted octanol–water partition coefficient (Wildman–Crippen LogP) is 5.62. The third-order valence-corrected chi connectivity index (χ3v) is 4.69. The highest BCUT2D eigenvalue weighted by Gasteiger charge is 2.20. The quantitative estimate of drug-likeness (QED) is 0.482. The highest BCUT2D eigenvalue weighted by molar-refractivity contribution is 9.10. The van der Waals surface area contributed by atoms with E-state index in [0.717, 1.165) is 40.1 Å². The zero-order valence-electron chi connectivity index (χ0n) is 14.4. The predicted molar refractivity (Wildman–Crippen MR) is 106 cm³/mol. The van der Waals surface area contributed by atoms with Crippen LogP contribution in [0.3, 0.4) is 0 Å². The molecule has 1 aliphatic rings. The van der Waals surface area contributed by atoms with Gasteiger partial charge in [0.15, 0.2) is 11.5 Å². The molecule has 1 N–H and O–H groups in total. The van der Waals surface area contributed by atoms with Gasteiger partial charge in [-0.25, -0.2) is 0 Å². The van der Waals surface area contributed by atoms with Crippen LogP contribution in [0.5, 0.6) is 11.5 Å². The lowest BCUT2D eigenvalue weighted by atomic mass is 10.2. The van der Waals surface area contributed by atoms with E-state index in [1.165, 1.54) is 12.8 Å².